The third-order valence-corrected chi connectivity index (χ3v) is 4.64. The van der Waals surface area contributed by atoms with Gasteiger partial charge in [-0.3, -0.25) is 4.99 Å². The zero-order valence-corrected chi connectivity index (χ0v) is 14.7. The fourth-order valence-electron chi connectivity index (χ4n) is 2.87. The minimum absolute atomic E-state index is 0.124. The molecule has 0 saturated carbocycles. The Kier molecular flexibility index (Phi) is 3.78. The van der Waals surface area contributed by atoms with Gasteiger partial charge in [0.15, 0.2) is 0 Å². The molecule has 0 spiro atoms. The number of benzene rings is 1. The summed E-state index contributed by atoms with van der Waals surface area (Å²) in [6, 6.07) is 10.7. The predicted molar refractivity (Wildman–Crippen MR) is 98.4 cm³/mol. The van der Waals surface area contributed by atoms with Crippen LogP contribution in [0.15, 0.2) is 47.2 Å². The highest BCUT2D eigenvalue weighted by Crippen LogP contribution is 2.39. The number of rotatable bonds is 2. The highest BCUT2D eigenvalue weighted by atomic mass is 127. The predicted octanol–water partition coefficient (Wildman–Crippen LogP) is 5.52. The molecule has 108 valence electrons. The Morgan fingerprint density at radius 2 is 1.90 bits per heavy atom. The van der Waals surface area contributed by atoms with Crippen molar-refractivity contribution in [2.24, 2.45) is 10.4 Å². The quantitative estimate of drug-likeness (QED) is 0.655. The Bertz CT molecular complexity index is 718. The first-order valence-corrected chi connectivity index (χ1v) is 8.23. The van der Waals surface area contributed by atoms with Crippen LogP contribution in [0.2, 0.25) is 0 Å². The average Bonchev–Trinajstić information content (AvgIpc) is 2.95. The summed E-state index contributed by atoms with van der Waals surface area (Å²) in [7, 11) is 0. The van der Waals surface area contributed by atoms with Gasteiger partial charge in [-0.05, 0) is 65.8 Å². The Balaban J connectivity index is 2.02. The Morgan fingerprint density at radius 1 is 1.19 bits per heavy atom. The van der Waals surface area contributed by atoms with E-state index in [4.69, 9.17) is 4.99 Å². The van der Waals surface area contributed by atoms with E-state index < -0.39 is 0 Å². The largest absolute Gasteiger partial charge is 0.361 e. The molecule has 2 nitrogen and oxygen atoms in total. The van der Waals surface area contributed by atoms with E-state index in [-0.39, 0.29) is 5.41 Å². The molecule has 3 heteroatoms. The number of nitrogens with zero attached hydrogens (tertiary/aromatic N) is 1. The van der Waals surface area contributed by atoms with Crippen LogP contribution in [0.5, 0.6) is 0 Å². The van der Waals surface area contributed by atoms with Crippen molar-refractivity contribution >= 4 is 34.4 Å². The summed E-state index contributed by atoms with van der Waals surface area (Å²) in [5.74, 6) is 0. The minimum Gasteiger partial charge on any atom is -0.361 e. The van der Waals surface area contributed by atoms with E-state index in [1.54, 1.807) is 0 Å². The van der Waals surface area contributed by atoms with Crippen molar-refractivity contribution in [3.05, 3.63) is 51.5 Å². The Hall–Kier alpha value is -1.36. The second-order valence-corrected chi connectivity index (χ2v) is 7.49. The van der Waals surface area contributed by atoms with Gasteiger partial charge < -0.3 is 4.98 Å². The molecule has 1 aliphatic heterocycles. The summed E-state index contributed by atoms with van der Waals surface area (Å²) in [6.45, 7) is 6.62. The van der Waals surface area contributed by atoms with E-state index in [9.17, 15) is 0 Å². The average molecular weight is 390 g/mol. The molecule has 2 heterocycles. The Labute approximate surface area is 139 Å². The molecular formula is C18H19IN2. The maximum absolute atomic E-state index is 4.72. The number of H-pyrrole nitrogens is 1. The zero-order chi connectivity index (χ0) is 15.0. The fraction of sp³-hybridized carbons (Fsp3) is 0.278. The number of aromatic nitrogens is 1. The number of allylic oxidation sites excluding steroid dienone is 1. The molecule has 1 aromatic carbocycles. The zero-order valence-electron chi connectivity index (χ0n) is 12.6. The highest BCUT2D eigenvalue weighted by molar-refractivity contribution is 14.1. The molecule has 1 aliphatic rings. The Morgan fingerprint density at radius 3 is 2.52 bits per heavy atom. The van der Waals surface area contributed by atoms with Crippen molar-refractivity contribution in [3.8, 4) is 11.1 Å². The molecule has 0 radical (unpaired) electrons. The summed E-state index contributed by atoms with van der Waals surface area (Å²) in [5.41, 5.74) is 6.11. The van der Waals surface area contributed by atoms with Crippen LogP contribution in [0.1, 0.15) is 32.9 Å². The minimum atomic E-state index is 0.124. The van der Waals surface area contributed by atoms with Gasteiger partial charge in [-0.25, -0.2) is 0 Å². The van der Waals surface area contributed by atoms with Crippen LogP contribution >= 0.6 is 22.6 Å². The van der Waals surface area contributed by atoms with Gasteiger partial charge in [0.2, 0.25) is 0 Å². The summed E-state index contributed by atoms with van der Waals surface area (Å²) in [5, 5.41) is 0. The number of aliphatic imine (C=N–C) groups is 1. The summed E-state index contributed by atoms with van der Waals surface area (Å²) in [6.07, 6.45) is 5.24. The van der Waals surface area contributed by atoms with Crippen molar-refractivity contribution < 1.29 is 0 Å². The van der Waals surface area contributed by atoms with Gasteiger partial charge in [-0.2, -0.15) is 0 Å². The van der Waals surface area contributed by atoms with Gasteiger partial charge in [0.05, 0.1) is 0 Å². The molecular weight excluding hydrogens is 371 g/mol. The van der Waals surface area contributed by atoms with E-state index >= 15 is 0 Å². The maximum Gasteiger partial charge on any atom is 0.0483 e. The van der Waals surface area contributed by atoms with E-state index in [1.807, 2.05) is 6.20 Å². The summed E-state index contributed by atoms with van der Waals surface area (Å²) >= 11 is 2.33. The molecule has 0 aliphatic carbocycles. The molecule has 21 heavy (non-hydrogen) atoms. The van der Waals surface area contributed by atoms with Crippen molar-refractivity contribution in [3.63, 3.8) is 0 Å². The number of hydrogen-bond donors (Lipinski definition) is 1. The van der Waals surface area contributed by atoms with Crippen LogP contribution < -0.4 is 0 Å². The van der Waals surface area contributed by atoms with Crippen molar-refractivity contribution in [1.82, 2.24) is 4.98 Å². The molecule has 0 fully saturated rings. The normalized spacial score (nSPS) is 19.0. The van der Waals surface area contributed by atoms with Gasteiger partial charge in [0, 0.05) is 37.8 Å². The van der Waals surface area contributed by atoms with Crippen molar-refractivity contribution in [2.75, 3.05) is 0 Å². The second kappa shape index (κ2) is 5.44. The van der Waals surface area contributed by atoms with Crippen LogP contribution in [0.4, 0.5) is 0 Å². The van der Waals surface area contributed by atoms with Crippen LogP contribution in [0.3, 0.4) is 0 Å². The lowest BCUT2D eigenvalue weighted by molar-refractivity contribution is 0.488. The van der Waals surface area contributed by atoms with Gasteiger partial charge in [0.25, 0.3) is 0 Å². The number of halogens is 1. The lowest BCUT2D eigenvalue weighted by Crippen LogP contribution is -2.09. The van der Waals surface area contributed by atoms with Crippen LogP contribution in [-0.4, -0.2) is 10.7 Å². The molecule has 3 rings (SSSR count). The first-order chi connectivity index (χ1) is 9.95. The van der Waals surface area contributed by atoms with E-state index in [0.29, 0.717) is 0 Å². The standard InChI is InChI=1S/C18H19IN2/c1-12-11-18(2,3)17(21-12)10-16-15(8-9-20-16)13-4-6-14(19)7-5-13/h4-10,20H,11H2,1-3H3/b17-10-. The molecule has 0 amide bonds. The lowest BCUT2D eigenvalue weighted by Gasteiger charge is -2.18. The van der Waals surface area contributed by atoms with Gasteiger partial charge >= 0.3 is 0 Å². The smallest absolute Gasteiger partial charge is 0.0483 e. The van der Waals surface area contributed by atoms with Crippen molar-refractivity contribution in [1.29, 1.82) is 0 Å². The molecule has 0 bridgehead atoms. The number of hydrogen-bond acceptors (Lipinski definition) is 1. The van der Waals surface area contributed by atoms with Gasteiger partial charge in [0.1, 0.15) is 0 Å². The van der Waals surface area contributed by atoms with Crippen LogP contribution in [0.25, 0.3) is 17.2 Å². The SMILES string of the molecule is CC1=N/C(=C\c2[nH]ccc2-c2ccc(I)cc2)C(C)(C)C1. The maximum atomic E-state index is 4.72. The molecule has 0 saturated heterocycles. The first kappa shape index (κ1) is 14.6. The van der Waals surface area contributed by atoms with Crippen LogP contribution in [0, 0.1) is 8.99 Å². The topological polar surface area (TPSA) is 28.1 Å². The lowest BCUT2D eigenvalue weighted by atomic mass is 9.86. The number of nitrogens with one attached hydrogen (secondary N) is 1. The monoisotopic (exact) mass is 390 g/mol. The van der Waals surface area contributed by atoms with Crippen molar-refractivity contribution in [2.45, 2.75) is 27.2 Å². The van der Waals surface area contributed by atoms with E-state index in [2.05, 4.69) is 84.8 Å². The summed E-state index contributed by atoms with van der Waals surface area (Å²) in [4.78, 5) is 8.07. The second-order valence-electron chi connectivity index (χ2n) is 6.25. The van der Waals surface area contributed by atoms with E-state index in [1.165, 1.54) is 20.4 Å². The van der Waals surface area contributed by atoms with Crippen LogP contribution in [-0.2, 0) is 0 Å². The third kappa shape index (κ3) is 2.98. The highest BCUT2D eigenvalue weighted by Gasteiger charge is 2.29. The van der Waals surface area contributed by atoms with Gasteiger partial charge in [-0.15, -0.1) is 0 Å². The third-order valence-electron chi connectivity index (χ3n) is 3.92. The van der Waals surface area contributed by atoms with Gasteiger partial charge in [-0.1, -0.05) is 26.0 Å². The number of aromatic amines is 1. The van der Waals surface area contributed by atoms with E-state index in [0.717, 1.165) is 17.8 Å². The molecule has 1 aromatic heterocycles. The molecule has 1 N–H and O–H groups in total. The molecule has 0 unspecified atom stereocenters. The first-order valence-electron chi connectivity index (χ1n) is 7.15. The molecule has 0 atom stereocenters. The fourth-order valence-corrected chi connectivity index (χ4v) is 3.23. The summed E-state index contributed by atoms with van der Waals surface area (Å²) < 4.78 is 1.25. The molecule has 2 aromatic rings.